The van der Waals surface area contributed by atoms with Gasteiger partial charge in [-0.2, -0.15) is 0 Å². The van der Waals surface area contributed by atoms with E-state index >= 15 is 0 Å². The quantitative estimate of drug-likeness (QED) is 0.0169. The Morgan fingerprint density at radius 2 is 0.602 bits per heavy atom. The lowest BCUT2D eigenvalue weighted by molar-refractivity contribution is -0.161. The average molecular weight is 1430 g/mol. The molecular weight excluding hydrogens is 1280 g/mol. The van der Waals surface area contributed by atoms with Gasteiger partial charge in [0.05, 0.1) is 26.4 Å². The summed E-state index contributed by atoms with van der Waals surface area (Å²) in [4.78, 5) is 72.9. The molecular formula is C79H150O17P2. The monoisotopic (exact) mass is 1430 g/mol. The lowest BCUT2D eigenvalue weighted by Gasteiger charge is -2.21. The van der Waals surface area contributed by atoms with Gasteiger partial charge in [0.15, 0.2) is 12.2 Å². The molecule has 0 heterocycles. The van der Waals surface area contributed by atoms with E-state index in [0.29, 0.717) is 25.7 Å². The first kappa shape index (κ1) is 95.5. The molecule has 0 fully saturated rings. The Bertz CT molecular complexity index is 1990. The number of hydrogen-bond donors (Lipinski definition) is 3. The largest absolute Gasteiger partial charge is 0.472 e. The van der Waals surface area contributed by atoms with Crippen molar-refractivity contribution in [1.82, 2.24) is 0 Å². The number of phosphoric ester groups is 2. The van der Waals surface area contributed by atoms with Crippen LogP contribution in [0.4, 0.5) is 0 Å². The van der Waals surface area contributed by atoms with Crippen LogP contribution in [0, 0.1) is 11.8 Å². The molecule has 0 saturated carbocycles. The highest BCUT2D eigenvalue weighted by Crippen LogP contribution is 2.45. The van der Waals surface area contributed by atoms with E-state index in [1.807, 2.05) is 0 Å². The summed E-state index contributed by atoms with van der Waals surface area (Å²) in [5.41, 5.74) is 0. The van der Waals surface area contributed by atoms with E-state index in [2.05, 4.69) is 65.8 Å². The average Bonchev–Trinajstić information content (AvgIpc) is 1.04. The topological polar surface area (TPSA) is 237 Å². The van der Waals surface area contributed by atoms with Gasteiger partial charge in [0.2, 0.25) is 0 Å². The zero-order valence-corrected chi connectivity index (χ0v) is 65.4. The van der Waals surface area contributed by atoms with Crippen LogP contribution in [0.25, 0.3) is 0 Å². The molecule has 578 valence electrons. The predicted molar refractivity (Wildman–Crippen MR) is 400 cm³/mol. The first-order valence-electron chi connectivity index (χ1n) is 40.3. The van der Waals surface area contributed by atoms with Crippen LogP contribution in [0.2, 0.25) is 0 Å². The number of unbranched alkanes of at least 4 members (excludes halogenated alkanes) is 42. The molecule has 0 aromatic heterocycles. The number of ether oxygens (including phenoxy) is 4. The van der Waals surface area contributed by atoms with Crippen LogP contribution in [0.3, 0.4) is 0 Å². The van der Waals surface area contributed by atoms with Gasteiger partial charge in [0.25, 0.3) is 0 Å². The van der Waals surface area contributed by atoms with Gasteiger partial charge in [-0.05, 0) is 63.2 Å². The molecule has 0 aliphatic heterocycles. The number of allylic oxidation sites excluding steroid dienone is 4. The second kappa shape index (κ2) is 70.2. The number of phosphoric acid groups is 2. The standard InChI is InChI=1S/C79H150O17P2/c1-7-10-12-14-16-18-19-20-21-27-33-39-45-51-57-63-78(83)95-74(67-89-76(81)61-55-49-43-35-17-15-13-11-8-2)69-93-97(85,86)91-65-73(80)66-92-98(87,88)94-70-75(68-90-77(82)62-56-50-44-38-32-29-24-25-30-36-41-47-53-59-71(4)5)96-79(84)64-58-52-46-40-34-28-23-22-26-31-37-42-48-54-60-72(6)9-3/h18-21,71-75,80H,7-17,22-70H2,1-6H3,(H,85,86)(H,87,88)/b19-18-,21-20-/t72?,73-,74+,75+/m0/s1. The molecule has 0 amide bonds. The van der Waals surface area contributed by atoms with Crippen molar-refractivity contribution in [2.24, 2.45) is 11.8 Å². The summed E-state index contributed by atoms with van der Waals surface area (Å²) < 4.78 is 68.6. The second-order valence-corrected chi connectivity index (χ2v) is 31.4. The third kappa shape index (κ3) is 70.6. The molecule has 0 aliphatic rings. The molecule has 0 saturated heterocycles. The van der Waals surface area contributed by atoms with Crippen molar-refractivity contribution in [2.75, 3.05) is 39.6 Å². The molecule has 98 heavy (non-hydrogen) atoms. The fraction of sp³-hybridized carbons (Fsp3) is 0.899. The van der Waals surface area contributed by atoms with Gasteiger partial charge in [0.1, 0.15) is 19.3 Å². The molecule has 3 unspecified atom stereocenters. The highest BCUT2D eigenvalue weighted by Gasteiger charge is 2.30. The number of aliphatic hydroxyl groups is 1. The van der Waals surface area contributed by atoms with E-state index in [4.69, 9.17) is 37.0 Å². The van der Waals surface area contributed by atoms with Gasteiger partial charge in [-0.25, -0.2) is 9.13 Å². The molecule has 0 aromatic carbocycles. The Balaban J connectivity index is 5.27. The fourth-order valence-electron chi connectivity index (χ4n) is 11.6. The van der Waals surface area contributed by atoms with Gasteiger partial charge < -0.3 is 33.8 Å². The van der Waals surface area contributed by atoms with Crippen LogP contribution >= 0.6 is 15.6 Å². The normalized spacial score (nSPS) is 14.4. The van der Waals surface area contributed by atoms with Crippen molar-refractivity contribution in [3.8, 4) is 0 Å². The summed E-state index contributed by atoms with van der Waals surface area (Å²) in [5, 5.41) is 10.6. The van der Waals surface area contributed by atoms with Gasteiger partial charge in [-0.15, -0.1) is 0 Å². The van der Waals surface area contributed by atoms with Crippen molar-refractivity contribution >= 4 is 39.5 Å². The highest BCUT2D eigenvalue weighted by atomic mass is 31.2. The third-order valence-corrected chi connectivity index (χ3v) is 20.1. The first-order chi connectivity index (χ1) is 47.4. The molecule has 0 spiro atoms. The molecule has 0 aromatic rings. The highest BCUT2D eigenvalue weighted by molar-refractivity contribution is 7.47. The summed E-state index contributed by atoms with van der Waals surface area (Å²) in [6.07, 6.45) is 61.7. The Morgan fingerprint density at radius 1 is 0.337 bits per heavy atom. The number of carbonyl (C=O) groups excluding carboxylic acids is 4. The Morgan fingerprint density at radius 3 is 0.918 bits per heavy atom. The summed E-state index contributed by atoms with van der Waals surface area (Å²) in [5.74, 6) is -0.508. The van der Waals surface area contributed by atoms with Gasteiger partial charge in [0, 0.05) is 25.7 Å². The van der Waals surface area contributed by atoms with E-state index in [9.17, 15) is 43.2 Å². The lowest BCUT2D eigenvalue weighted by atomic mass is 9.99. The molecule has 19 heteroatoms. The molecule has 0 aliphatic carbocycles. The maximum atomic E-state index is 13.1. The van der Waals surface area contributed by atoms with Crippen LogP contribution in [0.15, 0.2) is 24.3 Å². The summed E-state index contributed by atoms with van der Waals surface area (Å²) in [6, 6.07) is 0. The maximum Gasteiger partial charge on any atom is 0.472 e. The minimum atomic E-state index is -4.96. The number of aliphatic hydroxyl groups excluding tert-OH is 1. The number of esters is 4. The SMILES string of the molecule is CCCCCC/C=C\C=C/CCCCCCCC(=O)O[C@H](COC(=O)CCCCCCCCCCC)COP(=O)(O)OC[C@H](O)COP(=O)(O)OC[C@@H](COC(=O)CCCCCCCCCCCCCCCC(C)C)OC(=O)CCCCCCCCCCCCCCCCC(C)CC. The Labute approximate surface area is 599 Å². The van der Waals surface area contributed by atoms with Crippen LogP contribution in [-0.4, -0.2) is 96.7 Å². The zero-order valence-electron chi connectivity index (χ0n) is 63.6. The molecule has 0 rings (SSSR count). The number of rotatable bonds is 76. The minimum absolute atomic E-state index is 0.0851. The van der Waals surface area contributed by atoms with E-state index in [1.54, 1.807) is 0 Å². The summed E-state index contributed by atoms with van der Waals surface area (Å²) in [6.45, 7) is 9.61. The van der Waals surface area contributed by atoms with Crippen LogP contribution in [0.5, 0.6) is 0 Å². The lowest BCUT2D eigenvalue weighted by Crippen LogP contribution is -2.30. The van der Waals surface area contributed by atoms with Gasteiger partial charge in [-0.1, -0.05) is 336 Å². The van der Waals surface area contributed by atoms with Crippen molar-refractivity contribution in [3.05, 3.63) is 24.3 Å². The zero-order chi connectivity index (χ0) is 72.1. The predicted octanol–water partition coefficient (Wildman–Crippen LogP) is 23.1. The van der Waals surface area contributed by atoms with Crippen molar-refractivity contribution < 1.29 is 80.2 Å². The summed E-state index contributed by atoms with van der Waals surface area (Å²) in [7, 11) is -9.93. The van der Waals surface area contributed by atoms with Crippen LogP contribution in [0.1, 0.15) is 388 Å². The van der Waals surface area contributed by atoms with E-state index < -0.39 is 97.5 Å². The van der Waals surface area contributed by atoms with Crippen molar-refractivity contribution in [3.63, 3.8) is 0 Å². The molecule has 3 N–H and O–H groups in total. The second-order valence-electron chi connectivity index (χ2n) is 28.5. The molecule has 0 bridgehead atoms. The van der Waals surface area contributed by atoms with Crippen molar-refractivity contribution in [2.45, 2.75) is 407 Å². The maximum absolute atomic E-state index is 13.1. The first-order valence-corrected chi connectivity index (χ1v) is 43.3. The Hall–Kier alpha value is -2.46. The molecule has 17 nitrogen and oxygen atoms in total. The summed E-state index contributed by atoms with van der Waals surface area (Å²) >= 11 is 0. The number of hydrogen-bond acceptors (Lipinski definition) is 15. The smallest absolute Gasteiger partial charge is 0.462 e. The fourth-order valence-corrected chi connectivity index (χ4v) is 13.2. The molecule has 6 atom stereocenters. The van der Waals surface area contributed by atoms with Gasteiger partial charge >= 0.3 is 39.5 Å². The molecule has 0 radical (unpaired) electrons. The van der Waals surface area contributed by atoms with Crippen LogP contribution in [-0.2, 0) is 65.4 Å². The van der Waals surface area contributed by atoms with Crippen molar-refractivity contribution in [1.29, 1.82) is 0 Å². The minimum Gasteiger partial charge on any atom is -0.462 e. The van der Waals surface area contributed by atoms with Crippen LogP contribution < -0.4 is 0 Å². The van der Waals surface area contributed by atoms with E-state index in [1.165, 1.54) is 193 Å². The van der Waals surface area contributed by atoms with Gasteiger partial charge in [-0.3, -0.25) is 37.3 Å². The van der Waals surface area contributed by atoms with E-state index in [0.717, 1.165) is 115 Å². The Kier molecular flexibility index (Phi) is 68.5. The van der Waals surface area contributed by atoms with E-state index in [-0.39, 0.29) is 25.7 Å². The third-order valence-electron chi connectivity index (χ3n) is 18.2. The number of carbonyl (C=O) groups is 4.